The number of carbonyl (C=O) groups is 1. The molecule has 2 aromatic heterocycles. The molecule has 1 aromatic carbocycles. The van der Waals surface area contributed by atoms with Crippen molar-refractivity contribution in [2.75, 3.05) is 23.3 Å². The van der Waals surface area contributed by atoms with Gasteiger partial charge in [-0.25, -0.2) is 9.97 Å². The zero-order valence-corrected chi connectivity index (χ0v) is 15.9. The molecule has 1 saturated heterocycles. The topological polar surface area (TPSA) is 63.1 Å². The maximum atomic E-state index is 12.5. The Morgan fingerprint density at radius 1 is 1.19 bits per heavy atom. The van der Waals surface area contributed by atoms with E-state index < -0.39 is 0 Å². The van der Waals surface area contributed by atoms with Gasteiger partial charge in [-0.05, 0) is 49.9 Å². The first-order valence-electron chi connectivity index (χ1n) is 9.53. The molecule has 3 heterocycles. The van der Waals surface area contributed by atoms with Crippen LogP contribution >= 0.6 is 0 Å². The fourth-order valence-electron chi connectivity index (χ4n) is 3.62. The fraction of sp³-hybridized carbons (Fsp3) is 0.381. The van der Waals surface area contributed by atoms with Gasteiger partial charge in [0.05, 0.1) is 22.9 Å². The molecule has 0 saturated carbocycles. The van der Waals surface area contributed by atoms with Crippen LogP contribution < -0.4 is 10.2 Å². The monoisotopic (exact) mass is 363 g/mol. The lowest BCUT2D eigenvalue weighted by molar-refractivity contribution is -0.116. The Bertz CT molecular complexity index is 939. The Kier molecular flexibility index (Phi) is 4.79. The predicted molar refractivity (Wildman–Crippen MR) is 108 cm³/mol. The number of aryl methyl sites for hydroxylation is 1. The van der Waals surface area contributed by atoms with Crippen LogP contribution in [0.2, 0.25) is 0 Å². The average molecular weight is 363 g/mol. The number of nitrogens with one attached hydrogen (secondary N) is 1. The second-order valence-corrected chi connectivity index (χ2v) is 7.36. The molecule has 1 fully saturated rings. The third-order valence-corrected chi connectivity index (χ3v) is 5.29. The summed E-state index contributed by atoms with van der Waals surface area (Å²) in [7, 11) is 0. The van der Waals surface area contributed by atoms with Crippen molar-refractivity contribution < 1.29 is 4.79 Å². The van der Waals surface area contributed by atoms with E-state index in [9.17, 15) is 4.79 Å². The predicted octanol–water partition coefficient (Wildman–Crippen LogP) is 3.61. The molecule has 1 N–H and O–H groups in total. The van der Waals surface area contributed by atoms with Gasteiger partial charge in [-0.1, -0.05) is 19.1 Å². The van der Waals surface area contributed by atoms with Crippen molar-refractivity contribution in [3.05, 3.63) is 48.4 Å². The van der Waals surface area contributed by atoms with Gasteiger partial charge in [0.1, 0.15) is 18.2 Å². The number of nitrogens with zero attached hydrogens (tertiary/aromatic N) is 4. The molecule has 0 spiro atoms. The Balaban J connectivity index is 1.41. The smallest absolute Gasteiger partial charge is 0.244 e. The highest BCUT2D eigenvalue weighted by Gasteiger charge is 2.17. The molecule has 3 aromatic rings. The maximum Gasteiger partial charge on any atom is 0.244 e. The van der Waals surface area contributed by atoms with Gasteiger partial charge >= 0.3 is 0 Å². The highest BCUT2D eigenvalue weighted by molar-refractivity contribution is 5.91. The van der Waals surface area contributed by atoms with Crippen molar-refractivity contribution in [3.8, 4) is 0 Å². The minimum absolute atomic E-state index is 0.0809. The van der Waals surface area contributed by atoms with Crippen LogP contribution in [0.3, 0.4) is 0 Å². The molecule has 6 nitrogen and oxygen atoms in total. The second-order valence-electron chi connectivity index (χ2n) is 7.36. The van der Waals surface area contributed by atoms with Gasteiger partial charge in [0.15, 0.2) is 0 Å². The number of fused-ring (bicyclic) bond motifs is 1. The lowest BCUT2D eigenvalue weighted by Gasteiger charge is -2.31. The number of pyridine rings is 1. The molecule has 1 aliphatic heterocycles. The number of rotatable bonds is 4. The SMILES string of the molecule is Cc1nc2ccccc2n1CC(=O)Nc1ccc(N2CCC(C)CC2)nc1. The molecule has 1 amide bonds. The van der Waals surface area contributed by atoms with E-state index in [1.165, 1.54) is 12.8 Å². The van der Waals surface area contributed by atoms with E-state index in [0.29, 0.717) is 0 Å². The second kappa shape index (κ2) is 7.39. The van der Waals surface area contributed by atoms with E-state index in [0.717, 1.165) is 47.4 Å². The van der Waals surface area contributed by atoms with Crippen LogP contribution in [-0.4, -0.2) is 33.5 Å². The Morgan fingerprint density at radius 3 is 2.70 bits per heavy atom. The number of piperidine rings is 1. The normalized spacial score (nSPS) is 15.3. The van der Waals surface area contributed by atoms with Crippen molar-refractivity contribution in [1.29, 1.82) is 0 Å². The number of hydrogen-bond donors (Lipinski definition) is 1. The van der Waals surface area contributed by atoms with Crippen LogP contribution in [0.4, 0.5) is 11.5 Å². The molecule has 0 radical (unpaired) electrons. The number of hydrogen-bond acceptors (Lipinski definition) is 4. The average Bonchev–Trinajstić information content (AvgIpc) is 2.98. The number of benzene rings is 1. The van der Waals surface area contributed by atoms with Crippen LogP contribution in [0, 0.1) is 12.8 Å². The summed E-state index contributed by atoms with van der Waals surface area (Å²) in [5.41, 5.74) is 2.60. The van der Waals surface area contributed by atoms with Crippen LogP contribution in [0.5, 0.6) is 0 Å². The van der Waals surface area contributed by atoms with E-state index in [2.05, 4.69) is 27.1 Å². The van der Waals surface area contributed by atoms with Crippen molar-refractivity contribution in [1.82, 2.24) is 14.5 Å². The number of para-hydroxylation sites is 2. The van der Waals surface area contributed by atoms with Gasteiger partial charge in [0, 0.05) is 13.1 Å². The van der Waals surface area contributed by atoms with Gasteiger partial charge in [-0.3, -0.25) is 4.79 Å². The summed E-state index contributed by atoms with van der Waals surface area (Å²) >= 11 is 0. The molecule has 0 unspecified atom stereocenters. The van der Waals surface area contributed by atoms with E-state index in [4.69, 9.17) is 0 Å². The van der Waals surface area contributed by atoms with Gasteiger partial charge < -0.3 is 14.8 Å². The third kappa shape index (κ3) is 3.79. The van der Waals surface area contributed by atoms with Crippen molar-refractivity contribution >= 4 is 28.4 Å². The summed E-state index contributed by atoms with van der Waals surface area (Å²) < 4.78 is 1.93. The summed E-state index contributed by atoms with van der Waals surface area (Å²) in [6.07, 6.45) is 4.15. The standard InChI is InChI=1S/C21H25N5O/c1-15-9-11-25(12-10-15)20-8-7-17(13-22-20)24-21(27)14-26-16(2)23-18-5-3-4-6-19(18)26/h3-8,13,15H,9-12,14H2,1-2H3,(H,24,27). The summed E-state index contributed by atoms with van der Waals surface area (Å²) in [4.78, 5) is 23.9. The number of aromatic nitrogens is 3. The van der Waals surface area contributed by atoms with Crippen LogP contribution in [-0.2, 0) is 11.3 Å². The molecule has 140 valence electrons. The molecule has 27 heavy (non-hydrogen) atoms. The first-order chi connectivity index (χ1) is 13.1. The lowest BCUT2D eigenvalue weighted by atomic mass is 9.99. The van der Waals surface area contributed by atoms with E-state index >= 15 is 0 Å². The largest absolute Gasteiger partial charge is 0.357 e. The van der Waals surface area contributed by atoms with Crippen molar-refractivity contribution in [2.24, 2.45) is 5.92 Å². The van der Waals surface area contributed by atoms with E-state index in [1.807, 2.05) is 47.9 Å². The minimum Gasteiger partial charge on any atom is -0.357 e. The van der Waals surface area contributed by atoms with Crippen molar-refractivity contribution in [3.63, 3.8) is 0 Å². The molecule has 1 aliphatic rings. The molecule has 0 bridgehead atoms. The molecule has 0 aliphatic carbocycles. The third-order valence-electron chi connectivity index (χ3n) is 5.29. The Morgan fingerprint density at radius 2 is 1.96 bits per heavy atom. The number of carbonyl (C=O) groups excluding carboxylic acids is 1. The molecule has 6 heteroatoms. The van der Waals surface area contributed by atoms with Crippen LogP contribution in [0.15, 0.2) is 42.6 Å². The van der Waals surface area contributed by atoms with E-state index in [-0.39, 0.29) is 12.5 Å². The van der Waals surface area contributed by atoms with Gasteiger partial charge in [-0.2, -0.15) is 0 Å². The maximum absolute atomic E-state index is 12.5. The Hall–Kier alpha value is -2.89. The van der Waals surface area contributed by atoms with Crippen molar-refractivity contribution in [2.45, 2.75) is 33.2 Å². The first-order valence-corrected chi connectivity index (χ1v) is 9.53. The summed E-state index contributed by atoms with van der Waals surface area (Å²) in [6.45, 7) is 6.55. The van der Waals surface area contributed by atoms with Crippen LogP contribution in [0.25, 0.3) is 11.0 Å². The van der Waals surface area contributed by atoms with Gasteiger partial charge in [0.2, 0.25) is 5.91 Å². The number of imidazole rings is 1. The summed E-state index contributed by atoms with van der Waals surface area (Å²) in [5.74, 6) is 2.53. The Labute approximate surface area is 159 Å². The van der Waals surface area contributed by atoms with Gasteiger partial charge in [0.25, 0.3) is 0 Å². The zero-order chi connectivity index (χ0) is 18.8. The first kappa shape index (κ1) is 17.5. The highest BCUT2D eigenvalue weighted by atomic mass is 16.1. The molecular weight excluding hydrogens is 338 g/mol. The van der Waals surface area contributed by atoms with Crippen LogP contribution in [0.1, 0.15) is 25.6 Å². The number of amides is 1. The van der Waals surface area contributed by atoms with Gasteiger partial charge in [-0.15, -0.1) is 0 Å². The minimum atomic E-state index is -0.0809. The van der Waals surface area contributed by atoms with E-state index in [1.54, 1.807) is 6.20 Å². The lowest BCUT2D eigenvalue weighted by Crippen LogP contribution is -2.33. The quantitative estimate of drug-likeness (QED) is 0.769. The molecule has 4 rings (SSSR count). The molecule has 0 atom stereocenters. The summed E-state index contributed by atoms with van der Waals surface area (Å²) in [6, 6.07) is 11.8. The molecular formula is C21H25N5O. The zero-order valence-electron chi connectivity index (χ0n) is 15.9. The number of anilines is 2. The summed E-state index contributed by atoms with van der Waals surface area (Å²) in [5, 5.41) is 2.94. The highest BCUT2D eigenvalue weighted by Crippen LogP contribution is 2.22. The fourth-order valence-corrected chi connectivity index (χ4v) is 3.62.